The van der Waals surface area contributed by atoms with Gasteiger partial charge in [0.2, 0.25) is 0 Å². The third-order valence-electron chi connectivity index (χ3n) is 6.66. The molecule has 2 saturated carbocycles. The van der Waals surface area contributed by atoms with E-state index in [4.69, 9.17) is 0 Å². The molecule has 4 rings (SSSR count). The molecule has 2 bridgehead atoms. The van der Waals surface area contributed by atoms with Crippen molar-refractivity contribution in [2.75, 3.05) is 40.3 Å². The van der Waals surface area contributed by atoms with Crippen LogP contribution in [0.5, 0.6) is 0 Å². The molecule has 2 aliphatic heterocycles. The van der Waals surface area contributed by atoms with Gasteiger partial charge in [0.15, 0.2) is 0 Å². The topological polar surface area (TPSA) is 60.9 Å². The van der Waals surface area contributed by atoms with Crippen molar-refractivity contribution in [3.05, 3.63) is 0 Å². The first kappa shape index (κ1) is 13.9. The Morgan fingerprint density at radius 2 is 1.90 bits per heavy atom. The van der Waals surface area contributed by atoms with Gasteiger partial charge in [-0.3, -0.25) is 9.59 Å². The first-order chi connectivity index (χ1) is 9.87. The summed E-state index contributed by atoms with van der Waals surface area (Å²) in [6.45, 7) is 2.96. The maximum Gasteiger partial charge on any atom is 0.148 e. The smallest absolute Gasteiger partial charge is 0.148 e. The van der Waals surface area contributed by atoms with Crippen LogP contribution in [0.4, 0.5) is 0 Å². The predicted octanol–water partition coefficient (Wildman–Crippen LogP) is -0.221. The largest absolute Gasteiger partial charge is 0.389 e. The van der Waals surface area contributed by atoms with Gasteiger partial charge in [0.1, 0.15) is 11.6 Å². The summed E-state index contributed by atoms with van der Waals surface area (Å²) in [5.41, 5.74) is -1.42. The Kier molecular flexibility index (Phi) is 2.74. The Morgan fingerprint density at radius 1 is 1.14 bits per heavy atom. The predicted molar refractivity (Wildman–Crippen MR) is 76.7 cm³/mol. The van der Waals surface area contributed by atoms with Crippen LogP contribution < -0.4 is 0 Å². The second-order valence-electron chi connectivity index (χ2n) is 7.91. The van der Waals surface area contributed by atoms with Crippen LogP contribution in [0, 0.1) is 23.2 Å². The Hall–Kier alpha value is -0.780. The molecular formula is C16H24N2O3. The summed E-state index contributed by atoms with van der Waals surface area (Å²) in [5, 5.41) is 11.4. The summed E-state index contributed by atoms with van der Waals surface area (Å²) < 4.78 is 0. The SMILES string of the molecule is CN1CC[C@@]2(O)[C@H]3CN(C)C[C@]4(CC(=O)C[C@H]4[C@@H]2C1)C3=O. The third kappa shape index (κ3) is 1.63. The van der Waals surface area contributed by atoms with Crippen molar-refractivity contribution in [3.8, 4) is 0 Å². The normalized spacial score (nSPS) is 50.9. The van der Waals surface area contributed by atoms with E-state index in [2.05, 4.69) is 16.8 Å². The summed E-state index contributed by atoms with van der Waals surface area (Å²) in [5.74, 6) is 0.181. The summed E-state index contributed by atoms with van der Waals surface area (Å²) in [6, 6.07) is 0. The van der Waals surface area contributed by atoms with Gasteiger partial charge >= 0.3 is 0 Å². The number of hydrogen-bond donors (Lipinski definition) is 1. The van der Waals surface area contributed by atoms with Crippen LogP contribution in [0.15, 0.2) is 0 Å². The molecule has 2 aliphatic carbocycles. The Bertz CT molecular complexity index is 522. The van der Waals surface area contributed by atoms with Gasteiger partial charge in [0.25, 0.3) is 0 Å². The van der Waals surface area contributed by atoms with Crippen LogP contribution in [-0.4, -0.2) is 72.3 Å². The van der Waals surface area contributed by atoms with E-state index in [1.807, 2.05) is 7.05 Å². The van der Waals surface area contributed by atoms with Crippen molar-refractivity contribution in [1.82, 2.24) is 9.80 Å². The fourth-order valence-electron chi connectivity index (χ4n) is 5.77. The highest BCUT2D eigenvalue weighted by Crippen LogP contribution is 2.60. The molecule has 2 heterocycles. The van der Waals surface area contributed by atoms with E-state index >= 15 is 0 Å². The molecule has 1 N–H and O–H groups in total. The molecule has 1 spiro atoms. The molecule has 5 heteroatoms. The molecular weight excluding hydrogens is 268 g/mol. The molecule has 0 aromatic rings. The quantitative estimate of drug-likeness (QED) is 0.669. The summed E-state index contributed by atoms with van der Waals surface area (Å²) in [4.78, 5) is 29.6. The number of carbonyl (C=O) groups is 2. The van der Waals surface area contributed by atoms with E-state index < -0.39 is 11.0 Å². The molecule has 5 atom stereocenters. The second kappa shape index (κ2) is 4.15. The fourth-order valence-corrected chi connectivity index (χ4v) is 5.77. The maximum absolute atomic E-state index is 13.1. The fraction of sp³-hybridized carbons (Fsp3) is 0.875. The monoisotopic (exact) mass is 292 g/mol. The molecule has 0 radical (unpaired) electrons. The highest BCUT2D eigenvalue weighted by Gasteiger charge is 2.69. The number of rotatable bonds is 0. The number of fused-ring (bicyclic) bond motifs is 4. The highest BCUT2D eigenvalue weighted by molar-refractivity contribution is 5.98. The van der Waals surface area contributed by atoms with E-state index in [1.165, 1.54) is 0 Å². The van der Waals surface area contributed by atoms with E-state index in [9.17, 15) is 14.7 Å². The molecule has 4 fully saturated rings. The van der Waals surface area contributed by atoms with E-state index in [0.29, 0.717) is 32.4 Å². The van der Waals surface area contributed by atoms with Gasteiger partial charge in [-0.1, -0.05) is 0 Å². The van der Waals surface area contributed by atoms with E-state index in [-0.39, 0.29) is 29.3 Å². The minimum Gasteiger partial charge on any atom is -0.389 e. The van der Waals surface area contributed by atoms with Crippen molar-refractivity contribution in [3.63, 3.8) is 0 Å². The summed E-state index contributed by atoms with van der Waals surface area (Å²) >= 11 is 0. The number of aliphatic hydroxyl groups is 1. The Balaban J connectivity index is 1.84. The van der Waals surface area contributed by atoms with Crippen molar-refractivity contribution < 1.29 is 14.7 Å². The molecule has 0 aromatic heterocycles. The van der Waals surface area contributed by atoms with E-state index in [1.54, 1.807) is 0 Å². The highest BCUT2D eigenvalue weighted by atomic mass is 16.3. The number of carbonyl (C=O) groups excluding carboxylic acids is 2. The molecule has 21 heavy (non-hydrogen) atoms. The van der Waals surface area contributed by atoms with Crippen LogP contribution in [-0.2, 0) is 9.59 Å². The molecule has 2 saturated heterocycles. The number of likely N-dealkylation sites (tertiary alicyclic amines) is 2. The number of nitrogens with zero attached hydrogens (tertiary/aromatic N) is 2. The molecule has 0 amide bonds. The molecule has 116 valence electrons. The zero-order valence-electron chi connectivity index (χ0n) is 12.8. The maximum atomic E-state index is 13.1. The minimum absolute atomic E-state index is 0.0317. The lowest BCUT2D eigenvalue weighted by molar-refractivity contribution is -0.204. The lowest BCUT2D eigenvalue weighted by Crippen LogP contribution is -2.72. The van der Waals surface area contributed by atoms with Gasteiger partial charge in [-0.25, -0.2) is 0 Å². The number of Topliss-reactive ketones (excluding diaryl/α,β-unsaturated/α-hetero) is 2. The summed E-state index contributed by atoms with van der Waals surface area (Å²) in [7, 11) is 4.08. The second-order valence-corrected chi connectivity index (χ2v) is 7.91. The first-order valence-corrected chi connectivity index (χ1v) is 8.02. The Labute approximate surface area is 125 Å². The zero-order chi connectivity index (χ0) is 15.0. The van der Waals surface area contributed by atoms with E-state index in [0.717, 1.165) is 13.1 Å². The van der Waals surface area contributed by atoms with Crippen LogP contribution >= 0.6 is 0 Å². The van der Waals surface area contributed by atoms with Gasteiger partial charge in [0.05, 0.1) is 16.9 Å². The van der Waals surface area contributed by atoms with Crippen LogP contribution in [0.25, 0.3) is 0 Å². The van der Waals surface area contributed by atoms with Gasteiger partial charge < -0.3 is 14.9 Å². The lowest BCUT2D eigenvalue weighted by atomic mass is 9.49. The van der Waals surface area contributed by atoms with Gasteiger partial charge in [-0.15, -0.1) is 0 Å². The van der Waals surface area contributed by atoms with Crippen molar-refractivity contribution in [2.24, 2.45) is 23.2 Å². The van der Waals surface area contributed by atoms with Crippen molar-refractivity contribution in [2.45, 2.75) is 24.9 Å². The average Bonchev–Trinajstić information content (AvgIpc) is 2.73. The van der Waals surface area contributed by atoms with Crippen LogP contribution in [0.1, 0.15) is 19.3 Å². The molecule has 0 aromatic carbocycles. The lowest BCUT2D eigenvalue weighted by Gasteiger charge is -2.61. The average molecular weight is 292 g/mol. The standard InChI is InChI=1S/C16H24N2O3/c1-17-4-3-16(21)12(7-17)11-5-10(19)6-15(11)9-18(2)8-13(16)14(15)20/h11-13,21H,3-9H2,1-2H3/t11-,12-,13-,15-,16-/m0/s1. The zero-order valence-corrected chi connectivity index (χ0v) is 12.8. The number of piperidine rings is 2. The van der Waals surface area contributed by atoms with Gasteiger partial charge in [0, 0.05) is 44.9 Å². The first-order valence-electron chi connectivity index (χ1n) is 8.02. The number of hydrogen-bond acceptors (Lipinski definition) is 5. The van der Waals surface area contributed by atoms with Crippen LogP contribution in [0.2, 0.25) is 0 Å². The molecule has 5 nitrogen and oxygen atoms in total. The van der Waals surface area contributed by atoms with Gasteiger partial charge in [-0.2, -0.15) is 0 Å². The minimum atomic E-state index is -0.906. The Morgan fingerprint density at radius 3 is 2.67 bits per heavy atom. The third-order valence-corrected chi connectivity index (χ3v) is 6.66. The van der Waals surface area contributed by atoms with Crippen molar-refractivity contribution >= 4 is 11.6 Å². The number of ketones is 2. The van der Waals surface area contributed by atoms with Gasteiger partial charge in [-0.05, 0) is 26.4 Å². The molecule has 0 unspecified atom stereocenters. The summed E-state index contributed by atoms with van der Waals surface area (Å²) in [6.07, 6.45) is 1.53. The van der Waals surface area contributed by atoms with Crippen LogP contribution in [0.3, 0.4) is 0 Å². The van der Waals surface area contributed by atoms with Crippen molar-refractivity contribution in [1.29, 1.82) is 0 Å². The molecule has 4 aliphatic rings.